The number of nitriles is 2. The van der Waals surface area contributed by atoms with Crippen LogP contribution >= 0.6 is 23.5 Å². The SMILES string of the molecule is CC1(C)CC(SC#N)CC(C)(CCSC#N)C1. The number of thioether (sulfide) groups is 2. The lowest BCUT2D eigenvalue weighted by molar-refractivity contribution is 0.102. The van der Waals surface area contributed by atoms with Crippen LogP contribution in [0.25, 0.3) is 0 Å². The molecule has 0 heterocycles. The van der Waals surface area contributed by atoms with Gasteiger partial charge >= 0.3 is 0 Å². The van der Waals surface area contributed by atoms with Crippen molar-refractivity contribution in [3.05, 3.63) is 0 Å². The van der Waals surface area contributed by atoms with Crippen molar-refractivity contribution in [2.75, 3.05) is 5.75 Å². The standard InChI is InChI=1S/C13H20N2S2/c1-12(2)6-11(17-10-15)7-13(3,8-12)4-5-16-9-14/h11H,4-8H2,1-3H3. The molecule has 0 radical (unpaired) electrons. The number of hydrogen-bond acceptors (Lipinski definition) is 4. The second-order valence-electron chi connectivity index (χ2n) is 6.08. The smallest absolute Gasteiger partial charge is 0.133 e. The first kappa shape index (κ1) is 14.7. The zero-order chi connectivity index (χ0) is 12.9. The average molecular weight is 268 g/mol. The Morgan fingerprint density at radius 2 is 1.88 bits per heavy atom. The molecule has 17 heavy (non-hydrogen) atoms. The Labute approximate surface area is 113 Å². The number of hydrogen-bond donors (Lipinski definition) is 0. The van der Waals surface area contributed by atoms with E-state index in [1.807, 2.05) is 0 Å². The molecule has 94 valence electrons. The summed E-state index contributed by atoms with van der Waals surface area (Å²) in [7, 11) is 0. The van der Waals surface area contributed by atoms with E-state index in [4.69, 9.17) is 10.5 Å². The molecule has 2 unspecified atom stereocenters. The second kappa shape index (κ2) is 6.03. The molecule has 0 amide bonds. The van der Waals surface area contributed by atoms with Crippen LogP contribution in [0.4, 0.5) is 0 Å². The van der Waals surface area contributed by atoms with Gasteiger partial charge in [-0.1, -0.05) is 20.8 Å². The minimum atomic E-state index is 0.292. The van der Waals surface area contributed by atoms with Crippen molar-refractivity contribution in [1.82, 2.24) is 0 Å². The van der Waals surface area contributed by atoms with Gasteiger partial charge < -0.3 is 0 Å². The fourth-order valence-electron chi connectivity index (χ4n) is 3.23. The minimum absolute atomic E-state index is 0.292. The first-order valence-electron chi connectivity index (χ1n) is 5.96. The summed E-state index contributed by atoms with van der Waals surface area (Å²) in [5.41, 5.74) is 0.610. The number of rotatable bonds is 4. The fraction of sp³-hybridized carbons (Fsp3) is 0.846. The lowest BCUT2D eigenvalue weighted by Crippen LogP contribution is -2.37. The van der Waals surface area contributed by atoms with Crippen molar-refractivity contribution in [1.29, 1.82) is 10.5 Å². The van der Waals surface area contributed by atoms with E-state index in [0.717, 1.165) is 25.0 Å². The molecule has 2 nitrogen and oxygen atoms in total. The first-order valence-corrected chi connectivity index (χ1v) is 7.83. The fourth-order valence-corrected chi connectivity index (χ4v) is 5.08. The third-order valence-electron chi connectivity index (χ3n) is 3.50. The van der Waals surface area contributed by atoms with E-state index in [-0.39, 0.29) is 0 Å². The largest absolute Gasteiger partial charge is 0.185 e. The molecule has 0 bridgehead atoms. The Bertz CT molecular complexity index is 340. The molecule has 0 aromatic rings. The van der Waals surface area contributed by atoms with Crippen molar-refractivity contribution >= 4 is 23.5 Å². The van der Waals surface area contributed by atoms with E-state index in [2.05, 4.69) is 31.6 Å². The molecule has 0 saturated heterocycles. The molecule has 0 N–H and O–H groups in total. The maximum atomic E-state index is 8.84. The lowest BCUT2D eigenvalue weighted by Gasteiger charge is -2.46. The van der Waals surface area contributed by atoms with Crippen LogP contribution < -0.4 is 0 Å². The Balaban J connectivity index is 2.64. The Morgan fingerprint density at radius 3 is 2.47 bits per heavy atom. The first-order chi connectivity index (χ1) is 7.91. The third-order valence-corrected chi connectivity index (χ3v) is 4.81. The van der Waals surface area contributed by atoms with E-state index < -0.39 is 0 Å². The minimum Gasteiger partial charge on any atom is -0.185 e. The summed E-state index contributed by atoms with van der Waals surface area (Å²) in [5.74, 6) is 0.910. The number of nitrogens with zero attached hydrogens (tertiary/aromatic N) is 2. The summed E-state index contributed by atoms with van der Waals surface area (Å²) in [6, 6.07) is 0. The van der Waals surface area contributed by atoms with Gasteiger partial charge in [-0.15, -0.1) is 0 Å². The van der Waals surface area contributed by atoms with Crippen molar-refractivity contribution in [2.24, 2.45) is 10.8 Å². The number of thiocyanates is 2. The highest BCUT2D eigenvalue weighted by Gasteiger charge is 2.41. The van der Waals surface area contributed by atoms with Gasteiger partial charge in [-0.25, -0.2) is 0 Å². The Morgan fingerprint density at radius 1 is 1.18 bits per heavy atom. The highest BCUT2D eigenvalue weighted by Crippen LogP contribution is 2.51. The zero-order valence-corrected chi connectivity index (χ0v) is 12.5. The van der Waals surface area contributed by atoms with Crippen molar-refractivity contribution in [3.63, 3.8) is 0 Å². The normalized spacial score (nSPS) is 31.5. The summed E-state index contributed by atoms with van der Waals surface area (Å²) in [6.45, 7) is 6.91. The summed E-state index contributed by atoms with van der Waals surface area (Å²) in [4.78, 5) is 0. The molecule has 2 atom stereocenters. The second-order valence-corrected chi connectivity index (χ2v) is 8.05. The molecule has 0 aromatic heterocycles. The van der Waals surface area contributed by atoms with Gasteiger partial charge in [0.1, 0.15) is 10.8 Å². The maximum Gasteiger partial charge on any atom is 0.133 e. The van der Waals surface area contributed by atoms with E-state index in [1.165, 1.54) is 29.9 Å². The van der Waals surface area contributed by atoms with E-state index in [9.17, 15) is 0 Å². The summed E-state index contributed by atoms with van der Waals surface area (Å²) in [6.07, 6.45) is 4.53. The maximum absolute atomic E-state index is 8.84. The summed E-state index contributed by atoms with van der Waals surface area (Å²) < 4.78 is 0. The van der Waals surface area contributed by atoms with Crippen molar-refractivity contribution in [2.45, 2.75) is 51.7 Å². The molecule has 1 saturated carbocycles. The molecule has 4 heteroatoms. The highest BCUT2D eigenvalue weighted by molar-refractivity contribution is 8.04. The van der Waals surface area contributed by atoms with Crippen LogP contribution in [0.2, 0.25) is 0 Å². The van der Waals surface area contributed by atoms with Gasteiger partial charge in [-0.3, -0.25) is 0 Å². The molecule has 1 rings (SSSR count). The van der Waals surface area contributed by atoms with E-state index in [1.54, 1.807) is 0 Å². The van der Waals surface area contributed by atoms with Gasteiger partial charge in [0.15, 0.2) is 0 Å². The Hall–Kier alpha value is -0.320. The van der Waals surface area contributed by atoms with Gasteiger partial charge in [0, 0.05) is 11.0 Å². The zero-order valence-electron chi connectivity index (χ0n) is 10.8. The monoisotopic (exact) mass is 268 g/mol. The third kappa shape index (κ3) is 4.82. The van der Waals surface area contributed by atoms with Crippen LogP contribution in [0.1, 0.15) is 46.5 Å². The summed E-state index contributed by atoms with van der Waals surface area (Å²) in [5, 5.41) is 22.3. The Kier molecular flexibility index (Phi) is 5.22. The molecule has 1 fully saturated rings. The predicted octanol–water partition coefficient (Wildman–Crippen LogP) is 4.39. The van der Waals surface area contributed by atoms with Crippen LogP contribution in [0.5, 0.6) is 0 Å². The quantitative estimate of drug-likeness (QED) is 0.560. The highest BCUT2D eigenvalue weighted by atomic mass is 32.2. The average Bonchev–Trinajstić information content (AvgIpc) is 2.15. The van der Waals surface area contributed by atoms with E-state index in [0.29, 0.717) is 16.1 Å². The topological polar surface area (TPSA) is 47.6 Å². The van der Waals surface area contributed by atoms with Crippen LogP contribution in [-0.2, 0) is 0 Å². The molecular weight excluding hydrogens is 248 g/mol. The van der Waals surface area contributed by atoms with Crippen molar-refractivity contribution < 1.29 is 0 Å². The van der Waals surface area contributed by atoms with Gasteiger partial charge in [-0.05, 0) is 60.0 Å². The molecule has 0 aromatic carbocycles. The molecule has 0 aliphatic heterocycles. The van der Waals surface area contributed by atoms with Gasteiger partial charge in [-0.2, -0.15) is 10.5 Å². The van der Waals surface area contributed by atoms with Crippen LogP contribution in [-0.4, -0.2) is 11.0 Å². The van der Waals surface area contributed by atoms with Gasteiger partial charge in [0.2, 0.25) is 0 Å². The molecule has 0 spiro atoms. The van der Waals surface area contributed by atoms with Gasteiger partial charge in [0.05, 0.1) is 0 Å². The predicted molar refractivity (Wildman–Crippen MR) is 75.4 cm³/mol. The molecular formula is C13H20N2S2. The summed E-state index contributed by atoms with van der Waals surface area (Å²) >= 11 is 2.78. The lowest BCUT2D eigenvalue weighted by atomic mass is 9.63. The molecule has 1 aliphatic rings. The van der Waals surface area contributed by atoms with Crippen molar-refractivity contribution in [3.8, 4) is 10.8 Å². The van der Waals surface area contributed by atoms with E-state index >= 15 is 0 Å². The van der Waals surface area contributed by atoms with Crippen LogP contribution in [0, 0.1) is 32.2 Å². The van der Waals surface area contributed by atoms with Crippen LogP contribution in [0.3, 0.4) is 0 Å². The van der Waals surface area contributed by atoms with Gasteiger partial charge in [0.25, 0.3) is 0 Å². The molecule has 1 aliphatic carbocycles. The van der Waals surface area contributed by atoms with Crippen LogP contribution in [0.15, 0.2) is 0 Å².